The minimum atomic E-state index is -4.18. The van der Waals surface area contributed by atoms with Gasteiger partial charge in [0.15, 0.2) is 16.8 Å². The zero-order chi connectivity index (χ0) is 19.6. The van der Waals surface area contributed by atoms with Gasteiger partial charge in [0.1, 0.15) is 10.7 Å². The van der Waals surface area contributed by atoms with Gasteiger partial charge in [0.25, 0.3) is 10.0 Å². The van der Waals surface area contributed by atoms with Crippen molar-refractivity contribution in [2.24, 2.45) is 0 Å². The molecule has 1 aromatic heterocycles. The smallest absolute Gasteiger partial charge is 0.266 e. The van der Waals surface area contributed by atoms with Gasteiger partial charge in [-0.05, 0) is 42.8 Å². The molecule has 0 fully saturated rings. The second kappa shape index (κ2) is 7.57. The summed E-state index contributed by atoms with van der Waals surface area (Å²) in [5.74, 6) is -2.88. The highest BCUT2D eigenvalue weighted by atomic mass is 32.2. The molecule has 0 unspecified atom stereocenters. The Morgan fingerprint density at radius 3 is 2.44 bits per heavy atom. The van der Waals surface area contributed by atoms with Crippen LogP contribution in [0.1, 0.15) is 18.5 Å². The number of hydrogen-bond donors (Lipinski definition) is 2. The van der Waals surface area contributed by atoms with E-state index in [1.807, 2.05) is 0 Å². The van der Waals surface area contributed by atoms with Gasteiger partial charge in [0.2, 0.25) is 0 Å². The predicted octanol–water partition coefficient (Wildman–Crippen LogP) is 4.53. The minimum Gasteiger partial charge on any atom is -0.378 e. The first-order valence-corrected chi connectivity index (χ1v) is 10.1. The second-order valence-corrected chi connectivity index (χ2v) is 8.17. The number of rotatable bonds is 6. The van der Waals surface area contributed by atoms with Gasteiger partial charge in [0, 0.05) is 23.3 Å². The number of nitrogens with zero attached hydrogens (tertiary/aromatic N) is 1. The van der Waals surface area contributed by atoms with Crippen LogP contribution in [0.2, 0.25) is 0 Å². The van der Waals surface area contributed by atoms with Gasteiger partial charge in [-0.15, -0.1) is 11.3 Å². The summed E-state index contributed by atoms with van der Waals surface area (Å²) < 4.78 is 67.6. The lowest BCUT2D eigenvalue weighted by Gasteiger charge is -2.17. The van der Waals surface area contributed by atoms with E-state index in [1.54, 1.807) is 12.3 Å². The van der Waals surface area contributed by atoms with Crippen molar-refractivity contribution < 1.29 is 21.6 Å². The third-order valence-corrected chi connectivity index (χ3v) is 5.87. The summed E-state index contributed by atoms with van der Waals surface area (Å²) in [5, 5.41) is 4.64. The van der Waals surface area contributed by atoms with Crippen molar-refractivity contribution in [3.05, 3.63) is 71.0 Å². The summed E-state index contributed by atoms with van der Waals surface area (Å²) in [6.07, 6.45) is 1.42. The molecule has 3 rings (SSSR count). The molecule has 2 N–H and O–H groups in total. The van der Waals surface area contributed by atoms with Crippen LogP contribution in [-0.4, -0.2) is 13.4 Å². The molecule has 3 aromatic rings. The molecule has 1 heterocycles. The topological polar surface area (TPSA) is 71.1 Å². The molecule has 5 nitrogen and oxygen atoms in total. The van der Waals surface area contributed by atoms with E-state index in [2.05, 4.69) is 15.0 Å². The van der Waals surface area contributed by atoms with Crippen molar-refractivity contribution in [2.45, 2.75) is 17.9 Å². The second-order valence-electron chi connectivity index (χ2n) is 5.63. The summed E-state index contributed by atoms with van der Waals surface area (Å²) in [6.45, 7) is 1.68. The fraction of sp³-hybridized carbons (Fsp3) is 0.118. The zero-order valence-corrected chi connectivity index (χ0v) is 15.5. The molecular formula is C17H14F3N3O2S2. The zero-order valence-electron chi connectivity index (χ0n) is 13.9. The number of halogens is 3. The molecule has 0 amide bonds. The van der Waals surface area contributed by atoms with E-state index in [0.717, 1.165) is 35.6 Å². The third kappa shape index (κ3) is 4.40. The number of aromatic nitrogens is 1. The van der Waals surface area contributed by atoms with Gasteiger partial charge in [-0.1, -0.05) is 6.07 Å². The van der Waals surface area contributed by atoms with E-state index in [4.69, 9.17) is 0 Å². The molecule has 0 aliphatic carbocycles. The first-order valence-electron chi connectivity index (χ1n) is 7.69. The Bertz CT molecular complexity index is 1060. The molecule has 142 valence electrons. The predicted molar refractivity (Wildman–Crippen MR) is 97.7 cm³/mol. The van der Waals surface area contributed by atoms with Crippen LogP contribution in [-0.2, 0) is 10.0 Å². The molecule has 10 heteroatoms. The molecule has 0 radical (unpaired) electrons. The average molecular weight is 413 g/mol. The first kappa shape index (κ1) is 19.2. The van der Waals surface area contributed by atoms with Gasteiger partial charge >= 0.3 is 0 Å². The number of anilines is 2. The lowest BCUT2D eigenvalue weighted by atomic mass is 10.1. The van der Waals surface area contributed by atoms with Gasteiger partial charge in [-0.25, -0.2) is 26.6 Å². The summed E-state index contributed by atoms with van der Waals surface area (Å²) in [5.41, 5.74) is 0.747. The molecule has 0 aliphatic rings. The Labute approximate surface area is 157 Å². The van der Waals surface area contributed by atoms with Crippen LogP contribution in [0.25, 0.3) is 0 Å². The normalized spacial score (nSPS) is 12.6. The molecule has 0 spiro atoms. The Hall–Kier alpha value is -2.59. The molecule has 0 saturated heterocycles. The number of nitrogens with one attached hydrogen (secondary N) is 2. The molecular weight excluding hydrogens is 399 g/mol. The Balaban J connectivity index is 1.85. The maximum Gasteiger partial charge on any atom is 0.266 e. The standard InChI is InChI=1S/C17H14F3N3O2S2/c1-10(11-2-4-13(18)15(20)8-11)22-12-3-5-14(19)16(9-12)27(24,25)23-17-21-6-7-26-17/h2-10,22H,1H3,(H,21,23)/t10-/m0/s1. The average Bonchev–Trinajstić information content (AvgIpc) is 3.11. The molecule has 1 atom stereocenters. The van der Waals surface area contributed by atoms with E-state index >= 15 is 0 Å². The van der Waals surface area contributed by atoms with Crippen molar-refractivity contribution in [3.8, 4) is 0 Å². The van der Waals surface area contributed by atoms with Crippen molar-refractivity contribution in [3.63, 3.8) is 0 Å². The molecule has 2 aromatic carbocycles. The van der Waals surface area contributed by atoms with Crippen LogP contribution in [0, 0.1) is 17.5 Å². The molecule has 0 bridgehead atoms. The van der Waals surface area contributed by atoms with E-state index in [-0.39, 0.29) is 5.13 Å². The maximum absolute atomic E-state index is 14.1. The first-order chi connectivity index (χ1) is 12.8. The maximum atomic E-state index is 14.1. The van der Waals surface area contributed by atoms with Crippen LogP contribution >= 0.6 is 11.3 Å². The van der Waals surface area contributed by atoms with Gasteiger partial charge in [-0.3, -0.25) is 4.72 Å². The Kier molecular flexibility index (Phi) is 5.38. The van der Waals surface area contributed by atoms with Crippen LogP contribution < -0.4 is 10.0 Å². The Morgan fingerprint density at radius 1 is 1.04 bits per heavy atom. The van der Waals surface area contributed by atoms with E-state index in [9.17, 15) is 21.6 Å². The van der Waals surface area contributed by atoms with Gasteiger partial charge in [-0.2, -0.15) is 0 Å². The highest BCUT2D eigenvalue weighted by Gasteiger charge is 2.21. The van der Waals surface area contributed by atoms with E-state index in [1.165, 1.54) is 18.3 Å². The highest BCUT2D eigenvalue weighted by Crippen LogP contribution is 2.26. The van der Waals surface area contributed by atoms with Crippen LogP contribution in [0.4, 0.5) is 24.0 Å². The lowest BCUT2D eigenvalue weighted by molar-refractivity contribution is 0.506. The summed E-state index contributed by atoms with van der Waals surface area (Å²) in [6, 6.07) is 6.46. The van der Waals surface area contributed by atoms with Crippen LogP contribution in [0.5, 0.6) is 0 Å². The fourth-order valence-electron chi connectivity index (χ4n) is 2.36. The quantitative estimate of drug-likeness (QED) is 0.623. The highest BCUT2D eigenvalue weighted by molar-refractivity contribution is 7.93. The third-order valence-electron chi connectivity index (χ3n) is 3.70. The van der Waals surface area contributed by atoms with Crippen LogP contribution in [0.3, 0.4) is 0 Å². The van der Waals surface area contributed by atoms with Crippen molar-refractivity contribution in [1.29, 1.82) is 0 Å². The van der Waals surface area contributed by atoms with Crippen LogP contribution in [0.15, 0.2) is 52.9 Å². The van der Waals surface area contributed by atoms with E-state index < -0.39 is 38.4 Å². The largest absolute Gasteiger partial charge is 0.378 e. The number of sulfonamides is 1. The van der Waals surface area contributed by atoms with Crippen molar-refractivity contribution in [2.75, 3.05) is 10.0 Å². The SMILES string of the molecule is C[C@H](Nc1ccc(F)c(S(=O)(=O)Nc2nccs2)c1)c1ccc(F)c(F)c1. The van der Waals surface area contributed by atoms with Crippen molar-refractivity contribution in [1.82, 2.24) is 4.98 Å². The van der Waals surface area contributed by atoms with E-state index in [0.29, 0.717) is 11.3 Å². The fourth-order valence-corrected chi connectivity index (χ4v) is 4.25. The molecule has 0 saturated carbocycles. The van der Waals surface area contributed by atoms with Gasteiger partial charge in [0.05, 0.1) is 0 Å². The molecule has 27 heavy (non-hydrogen) atoms. The number of thiazole rings is 1. The summed E-state index contributed by atoms with van der Waals surface area (Å²) in [7, 11) is -4.18. The molecule has 0 aliphatic heterocycles. The van der Waals surface area contributed by atoms with Crippen molar-refractivity contribution >= 4 is 32.2 Å². The number of benzene rings is 2. The minimum absolute atomic E-state index is 0.114. The van der Waals surface area contributed by atoms with Gasteiger partial charge < -0.3 is 5.32 Å². The Morgan fingerprint density at radius 2 is 1.78 bits per heavy atom. The number of hydrogen-bond acceptors (Lipinski definition) is 5. The summed E-state index contributed by atoms with van der Waals surface area (Å²) in [4.78, 5) is 3.25. The monoisotopic (exact) mass is 413 g/mol. The summed E-state index contributed by atoms with van der Waals surface area (Å²) >= 11 is 1.06. The lowest BCUT2D eigenvalue weighted by Crippen LogP contribution is -2.15.